The van der Waals surface area contributed by atoms with Crippen molar-refractivity contribution < 1.29 is 19.1 Å². The fourth-order valence-corrected chi connectivity index (χ4v) is 4.94. The summed E-state index contributed by atoms with van der Waals surface area (Å²) in [6.07, 6.45) is 1.43. The van der Waals surface area contributed by atoms with Gasteiger partial charge in [-0.25, -0.2) is 10.2 Å². The summed E-state index contributed by atoms with van der Waals surface area (Å²) in [6, 6.07) is 27.3. The fourth-order valence-electron chi connectivity index (χ4n) is 4.09. The number of fused-ring (bicyclic) bond motifs is 1. The minimum atomic E-state index is -0.550. The number of para-hydroxylation sites is 1. The smallest absolute Gasteiger partial charge is 0.343 e. The summed E-state index contributed by atoms with van der Waals surface area (Å²) in [5, 5.41) is 5.07. The Bertz CT molecular complexity index is 1710. The molecule has 1 amide bonds. The number of amides is 1. The number of halogens is 2. The lowest BCUT2D eigenvalue weighted by Crippen LogP contribution is -2.19. The van der Waals surface area contributed by atoms with Crippen molar-refractivity contribution in [3.05, 3.63) is 117 Å². The number of ether oxygens (including phenoxy) is 2. The molecule has 5 rings (SSSR count). The first-order chi connectivity index (χ1) is 18.9. The number of esters is 1. The second-order valence-electron chi connectivity index (χ2n) is 8.41. The number of methoxy groups -OCH3 is 1. The number of nitrogens with one attached hydrogen (secondary N) is 2. The number of carbonyl (C=O) groups excluding carboxylic acids is 2. The molecule has 39 heavy (non-hydrogen) atoms. The third kappa shape index (κ3) is 5.79. The van der Waals surface area contributed by atoms with Gasteiger partial charge < -0.3 is 14.5 Å². The Hall–Kier alpha value is -4.21. The maximum absolute atomic E-state index is 13.3. The van der Waals surface area contributed by atoms with Crippen molar-refractivity contribution in [1.82, 2.24) is 10.4 Å². The third-order valence-electron chi connectivity index (χ3n) is 5.92. The van der Waals surface area contributed by atoms with Crippen molar-refractivity contribution in [2.24, 2.45) is 5.10 Å². The summed E-state index contributed by atoms with van der Waals surface area (Å²) in [6.45, 7) is 0. The maximum Gasteiger partial charge on any atom is 0.343 e. The molecule has 9 heteroatoms. The molecule has 1 heterocycles. The monoisotopic (exact) mass is 645 g/mol. The standard InChI is InChI=1S/C30H21Br2N3O4/c1-38-22-10-5-9-19(16-22)30(37)39-25-14-13-21(31)15-20(25)17-33-35-29(36)28-26(18-7-3-2-4-8-18)23-11-6-12-24(32)27(23)34-28/h2-17,34H,1H3,(H,35,36). The average Bonchev–Trinajstić information content (AvgIpc) is 3.36. The van der Waals surface area contributed by atoms with Crippen molar-refractivity contribution >= 4 is 60.9 Å². The molecule has 194 valence electrons. The molecule has 4 aromatic carbocycles. The molecular weight excluding hydrogens is 626 g/mol. The van der Waals surface area contributed by atoms with Crippen molar-refractivity contribution in [2.45, 2.75) is 0 Å². The van der Waals surface area contributed by atoms with Crippen LogP contribution in [0, 0.1) is 0 Å². The Morgan fingerprint density at radius 2 is 1.72 bits per heavy atom. The summed E-state index contributed by atoms with van der Waals surface area (Å²) in [4.78, 5) is 29.3. The van der Waals surface area contributed by atoms with Gasteiger partial charge in [0.2, 0.25) is 0 Å². The van der Waals surface area contributed by atoms with Crippen LogP contribution < -0.4 is 14.9 Å². The van der Waals surface area contributed by atoms with Gasteiger partial charge in [-0.15, -0.1) is 0 Å². The minimum absolute atomic E-state index is 0.281. The molecule has 1 aromatic heterocycles. The van der Waals surface area contributed by atoms with Gasteiger partial charge in [-0.3, -0.25) is 4.79 Å². The van der Waals surface area contributed by atoms with E-state index in [1.54, 1.807) is 42.5 Å². The Morgan fingerprint density at radius 3 is 2.51 bits per heavy atom. The highest BCUT2D eigenvalue weighted by molar-refractivity contribution is 9.11. The largest absolute Gasteiger partial charge is 0.497 e. The highest BCUT2D eigenvalue weighted by Gasteiger charge is 2.20. The maximum atomic E-state index is 13.3. The van der Waals surface area contributed by atoms with Crippen LogP contribution >= 0.6 is 31.9 Å². The molecule has 0 saturated heterocycles. The Balaban J connectivity index is 1.41. The molecule has 0 radical (unpaired) electrons. The number of hydrazone groups is 1. The molecule has 7 nitrogen and oxygen atoms in total. The molecule has 0 aliphatic rings. The van der Waals surface area contributed by atoms with Gasteiger partial charge >= 0.3 is 5.97 Å². The number of aromatic nitrogens is 1. The summed E-state index contributed by atoms with van der Waals surface area (Å²) in [7, 11) is 1.53. The fraction of sp³-hybridized carbons (Fsp3) is 0.0333. The predicted octanol–water partition coefficient (Wildman–Crippen LogP) is 7.35. The van der Waals surface area contributed by atoms with E-state index in [9.17, 15) is 9.59 Å². The van der Waals surface area contributed by atoms with Crippen LogP contribution in [0.25, 0.3) is 22.0 Å². The first-order valence-electron chi connectivity index (χ1n) is 11.8. The van der Waals surface area contributed by atoms with Crippen LogP contribution in [0.3, 0.4) is 0 Å². The van der Waals surface area contributed by atoms with E-state index in [1.165, 1.54) is 13.3 Å². The molecule has 0 aliphatic carbocycles. The van der Waals surface area contributed by atoms with Crippen molar-refractivity contribution in [2.75, 3.05) is 7.11 Å². The Kier molecular flexibility index (Phi) is 7.90. The van der Waals surface area contributed by atoms with Crippen LogP contribution in [0.2, 0.25) is 0 Å². The average molecular weight is 647 g/mol. The molecule has 2 N–H and O–H groups in total. The quantitative estimate of drug-likeness (QED) is 0.0837. The van der Waals surface area contributed by atoms with Crippen LogP contribution in [-0.4, -0.2) is 30.2 Å². The van der Waals surface area contributed by atoms with E-state index in [1.807, 2.05) is 48.5 Å². The lowest BCUT2D eigenvalue weighted by atomic mass is 10.0. The van der Waals surface area contributed by atoms with Gasteiger partial charge in [0.25, 0.3) is 5.91 Å². The lowest BCUT2D eigenvalue weighted by molar-refractivity contribution is 0.0733. The number of H-pyrrole nitrogens is 1. The summed E-state index contributed by atoms with van der Waals surface area (Å²) < 4.78 is 12.4. The molecule has 0 unspecified atom stereocenters. The molecule has 0 aliphatic heterocycles. The zero-order valence-corrected chi connectivity index (χ0v) is 23.7. The molecular formula is C30H21Br2N3O4. The second kappa shape index (κ2) is 11.7. The lowest BCUT2D eigenvalue weighted by Gasteiger charge is -2.09. The van der Waals surface area contributed by atoms with Crippen LogP contribution in [0.15, 0.2) is 105 Å². The molecule has 5 aromatic rings. The Morgan fingerprint density at radius 1 is 0.923 bits per heavy atom. The number of rotatable bonds is 7. The summed E-state index contributed by atoms with van der Waals surface area (Å²) in [5.74, 6) is -0.142. The number of aromatic amines is 1. The first kappa shape index (κ1) is 26.4. The van der Waals surface area contributed by atoms with Gasteiger partial charge in [0, 0.05) is 25.5 Å². The third-order valence-corrected chi connectivity index (χ3v) is 7.08. The van der Waals surface area contributed by atoms with Crippen molar-refractivity contribution in [3.8, 4) is 22.6 Å². The van der Waals surface area contributed by atoms with Gasteiger partial charge in [0.15, 0.2) is 0 Å². The van der Waals surface area contributed by atoms with E-state index in [-0.39, 0.29) is 5.75 Å². The van der Waals surface area contributed by atoms with Gasteiger partial charge in [-0.1, -0.05) is 64.5 Å². The first-order valence-corrected chi connectivity index (χ1v) is 13.4. The highest BCUT2D eigenvalue weighted by Crippen LogP contribution is 2.35. The van der Waals surface area contributed by atoms with E-state index < -0.39 is 11.9 Å². The summed E-state index contributed by atoms with van der Waals surface area (Å²) in [5.41, 5.74) is 6.28. The molecule has 0 spiro atoms. The van der Waals surface area contributed by atoms with Crippen molar-refractivity contribution in [1.29, 1.82) is 0 Å². The molecule has 0 atom stereocenters. The molecule has 0 bridgehead atoms. The van der Waals surface area contributed by atoms with Gasteiger partial charge in [-0.05, 0) is 64.0 Å². The van der Waals surface area contributed by atoms with Gasteiger partial charge in [-0.2, -0.15) is 5.10 Å². The number of nitrogens with zero attached hydrogens (tertiary/aromatic N) is 1. The highest BCUT2D eigenvalue weighted by atomic mass is 79.9. The zero-order chi connectivity index (χ0) is 27.4. The molecule has 0 fully saturated rings. The van der Waals surface area contributed by atoms with Crippen molar-refractivity contribution in [3.63, 3.8) is 0 Å². The normalized spacial score (nSPS) is 11.1. The van der Waals surface area contributed by atoms with E-state index in [0.717, 1.165) is 31.0 Å². The second-order valence-corrected chi connectivity index (χ2v) is 10.2. The van der Waals surface area contributed by atoms with Gasteiger partial charge in [0.05, 0.1) is 24.4 Å². The van der Waals surface area contributed by atoms with E-state index in [0.29, 0.717) is 22.6 Å². The number of hydrogen-bond donors (Lipinski definition) is 2. The molecule has 0 saturated carbocycles. The van der Waals surface area contributed by atoms with E-state index >= 15 is 0 Å². The van der Waals surface area contributed by atoms with Crippen LogP contribution in [0.5, 0.6) is 11.5 Å². The Labute approximate surface area is 241 Å². The minimum Gasteiger partial charge on any atom is -0.497 e. The van der Waals surface area contributed by atoms with Crippen LogP contribution in [0.1, 0.15) is 26.4 Å². The summed E-state index contributed by atoms with van der Waals surface area (Å²) >= 11 is 6.99. The SMILES string of the molecule is COc1cccc(C(=O)Oc2ccc(Br)cc2C=NNC(=O)c2[nH]c3c(Br)cccc3c2-c2ccccc2)c1. The number of carbonyl (C=O) groups is 2. The predicted molar refractivity (Wildman–Crippen MR) is 159 cm³/mol. The van der Waals surface area contributed by atoms with E-state index in [4.69, 9.17) is 9.47 Å². The number of hydrogen-bond acceptors (Lipinski definition) is 5. The zero-order valence-electron chi connectivity index (χ0n) is 20.6. The number of benzene rings is 4. The topological polar surface area (TPSA) is 92.8 Å². The van der Waals surface area contributed by atoms with Crippen LogP contribution in [-0.2, 0) is 0 Å². The van der Waals surface area contributed by atoms with E-state index in [2.05, 4.69) is 47.4 Å². The van der Waals surface area contributed by atoms with Crippen LogP contribution in [0.4, 0.5) is 0 Å². The van der Waals surface area contributed by atoms with Gasteiger partial charge in [0.1, 0.15) is 17.2 Å².